The van der Waals surface area contributed by atoms with E-state index in [9.17, 15) is 0 Å². The summed E-state index contributed by atoms with van der Waals surface area (Å²) in [4.78, 5) is 4.39. The molecule has 1 heterocycles. The molecule has 1 aliphatic rings. The molecule has 1 aliphatic heterocycles. The zero-order valence-corrected chi connectivity index (χ0v) is 10.1. The Morgan fingerprint density at radius 3 is 2.93 bits per heavy atom. The van der Waals surface area contributed by atoms with Crippen molar-refractivity contribution in [3.8, 4) is 0 Å². The van der Waals surface area contributed by atoms with E-state index >= 15 is 0 Å². The summed E-state index contributed by atoms with van der Waals surface area (Å²) in [5, 5.41) is 0. The van der Waals surface area contributed by atoms with Gasteiger partial charge in [-0.3, -0.25) is 4.99 Å². The third kappa shape index (κ3) is 3.76. The average molecular weight is 235 g/mol. The van der Waals surface area contributed by atoms with Crippen molar-refractivity contribution in [1.82, 2.24) is 0 Å². The molecule has 0 aromatic heterocycles. The van der Waals surface area contributed by atoms with Gasteiger partial charge in [-0.2, -0.15) is 0 Å². The minimum Gasteiger partial charge on any atom is -0.271 e. The van der Waals surface area contributed by atoms with E-state index in [4.69, 9.17) is 0 Å². The van der Waals surface area contributed by atoms with E-state index in [1.54, 1.807) is 0 Å². The fourth-order valence-electron chi connectivity index (χ4n) is 1.27. The largest absolute Gasteiger partial charge is 0.271 e. The molecule has 2 rings (SSSR count). The van der Waals surface area contributed by atoms with Crippen molar-refractivity contribution >= 4 is 34.0 Å². The monoisotopic (exact) mass is 235 g/mol. The SMILES string of the molecule is C(=C/c1ccccc1)/CSC1=NCCS1. The Bertz CT molecular complexity index is 357. The van der Waals surface area contributed by atoms with E-state index < -0.39 is 0 Å². The van der Waals surface area contributed by atoms with Gasteiger partial charge in [-0.1, -0.05) is 66.0 Å². The maximum Gasteiger partial charge on any atom is 0.124 e. The third-order valence-corrected chi connectivity index (χ3v) is 4.18. The standard InChI is InChI=1S/C12H13NS2/c1-2-5-11(6-3-1)7-4-9-14-12-13-8-10-15-12/h1-7H,8-10H2/b7-4-. The number of nitrogens with zero attached hydrogens (tertiary/aromatic N) is 1. The lowest BCUT2D eigenvalue weighted by Crippen LogP contribution is -1.80. The van der Waals surface area contributed by atoms with Gasteiger partial charge >= 0.3 is 0 Å². The maximum absolute atomic E-state index is 4.39. The number of hydrogen-bond donors (Lipinski definition) is 0. The summed E-state index contributed by atoms with van der Waals surface area (Å²) < 4.78 is 1.24. The summed E-state index contributed by atoms with van der Waals surface area (Å²) in [7, 11) is 0. The van der Waals surface area contributed by atoms with Crippen LogP contribution in [0.25, 0.3) is 6.08 Å². The summed E-state index contributed by atoms with van der Waals surface area (Å²) in [5.74, 6) is 2.17. The third-order valence-electron chi connectivity index (χ3n) is 1.97. The number of hydrogen-bond acceptors (Lipinski definition) is 3. The smallest absolute Gasteiger partial charge is 0.124 e. The lowest BCUT2D eigenvalue weighted by Gasteiger charge is -1.94. The topological polar surface area (TPSA) is 12.4 Å². The first-order valence-electron chi connectivity index (χ1n) is 4.97. The zero-order valence-electron chi connectivity index (χ0n) is 8.43. The molecule has 0 radical (unpaired) electrons. The molecule has 78 valence electrons. The Morgan fingerprint density at radius 1 is 1.33 bits per heavy atom. The molecule has 15 heavy (non-hydrogen) atoms. The molecule has 0 saturated carbocycles. The molecule has 0 amide bonds. The highest BCUT2D eigenvalue weighted by atomic mass is 32.2. The van der Waals surface area contributed by atoms with Crippen LogP contribution in [0.5, 0.6) is 0 Å². The van der Waals surface area contributed by atoms with Gasteiger partial charge in [0.25, 0.3) is 0 Å². The van der Waals surface area contributed by atoms with Crippen LogP contribution in [-0.2, 0) is 0 Å². The number of rotatable bonds is 3. The van der Waals surface area contributed by atoms with E-state index in [0.717, 1.165) is 18.1 Å². The summed E-state index contributed by atoms with van der Waals surface area (Å²) in [5.41, 5.74) is 1.26. The first-order chi connectivity index (χ1) is 7.45. The van der Waals surface area contributed by atoms with Gasteiger partial charge in [0.15, 0.2) is 0 Å². The summed E-state index contributed by atoms with van der Waals surface area (Å²) in [6.45, 7) is 0.995. The van der Waals surface area contributed by atoms with Gasteiger partial charge in [-0.25, -0.2) is 0 Å². The highest BCUT2D eigenvalue weighted by Gasteiger charge is 2.05. The van der Waals surface area contributed by atoms with Crippen molar-refractivity contribution in [3.63, 3.8) is 0 Å². The van der Waals surface area contributed by atoms with Crippen LogP contribution in [0, 0.1) is 0 Å². The predicted octanol–water partition coefficient (Wildman–Crippen LogP) is 3.54. The van der Waals surface area contributed by atoms with Gasteiger partial charge in [0.2, 0.25) is 0 Å². The van der Waals surface area contributed by atoms with Gasteiger partial charge in [0, 0.05) is 11.5 Å². The molecular formula is C12H13NS2. The van der Waals surface area contributed by atoms with Crippen LogP contribution in [0.15, 0.2) is 41.4 Å². The van der Waals surface area contributed by atoms with Crippen LogP contribution >= 0.6 is 23.5 Å². The van der Waals surface area contributed by atoms with Gasteiger partial charge < -0.3 is 0 Å². The van der Waals surface area contributed by atoms with Crippen molar-refractivity contribution in [2.24, 2.45) is 4.99 Å². The molecular weight excluding hydrogens is 222 g/mol. The van der Waals surface area contributed by atoms with Crippen molar-refractivity contribution in [2.45, 2.75) is 0 Å². The minimum atomic E-state index is 0.995. The molecule has 0 atom stereocenters. The molecule has 0 N–H and O–H groups in total. The van der Waals surface area contributed by atoms with Gasteiger partial charge in [-0.15, -0.1) is 0 Å². The second kappa shape index (κ2) is 6.03. The first-order valence-corrected chi connectivity index (χ1v) is 6.94. The Hall–Kier alpha value is -0.670. The molecule has 3 heteroatoms. The van der Waals surface area contributed by atoms with Gasteiger partial charge in [0.05, 0.1) is 6.54 Å². The van der Waals surface area contributed by atoms with Gasteiger partial charge in [-0.05, 0) is 5.56 Å². The Kier molecular flexibility index (Phi) is 4.36. The van der Waals surface area contributed by atoms with E-state index in [1.165, 1.54) is 9.94 Å². The highest BCUT2D eigenvalue weighted by molar-refractivity contribution is 8.39. The fraction of sp³-hybridized carbons (Fsp3) is 0.250. The van der Waals surface area contributed by atoms with Crippen LogP contribution in [0.2, 0.25) is 0 Å². The summed E-state index contributed by atoms with van der Waals surface area (Å²) >= 11 is 3.70. The van der Waals surface area contributed by atoms with E-state index in [1.807, 2.05) is 29.6 Å². The van der Waals surface area contributed by atoms with Gasteiger partial charge in [0.1, 0.15) is 4.38 Å². The second-order valence-electron chi connectivity index (χ2n) is 3.12. The molecule has 0 saturated heterocycles. The number of aliphatic imine (C=N–C) groups is 1. The van der Waals surface area contributed by atoms with Crippen molar-refractivity contribution < 1.29 is 0 Å². The van der Waals surface area contributed by atoms with Crippen LogP contribution < -0.4 is 0 Å². The van der Waals surface area contributed by atoms with Crippen LogP contribution in [0.1, 0.15) is 5.56 Å². The lowest BCUT2D eigenvalue weighted by atomic mass is 10.2. The molecule has 1 aromatic rings. The fourth-order valence-corrected chi connectivity index (χ4v) is 3.12. The second-order valence-corrected chi connectivity index (χ2v) is 5.47. The zero-order chi connectivity index (χ0) is 10.3. The minimum absolute atomic E-state index is 0.995. The average Bonchev–Trinajstić information content (AvgIpc) is 2.79. The quantitative estimate of drug-likeness (QED) is 0.794. The highest BCUT2D eigenvalue weighted by Crippen LogP contribution is 2.22. The Balaban J connectivity index is 1.76. The summed E-state index contributed by atoms with van der Waals surface area (Å²) in [6, 6.07) is 10.4. The number of thioether (sulfide) groups is 2. The summed E-state index contributed by atoms with van der Waals surface area (Å²) in [6.07, 6.45) is 4.36. The lowest BCUT2D eigenvalue weighted by molar-refractivity contribution is 1.18. The Labute approximate surface area is 99.1 Å². The van der Waals surface area contributed by atoms with Crippen LogP contribution in [0.4, 0.5) is 0 Å². The molecule has 0 spiro atoms. The molecule has 1 nitrogen and oxygen atoms in total. The van der Waals surface area contributed by atoms with Crippen LogP contribution in [0.3, 0.4) is 0 Å². The molecule has 0 fully saturated rings. The Morgan fingerprint density at radius 2 is 2.20 bits per heavy atom. The molecule has 0 bridgehead atoms. The normalized spacial score (nSPS) is 15.9. The van der Waals surface area contributed by atoms with Crippen molar-refractivity contribution in [2.75, 3.05) is 18.1 Å². The maximum atomic E-state index is 4.39. The molecule has 0 aliphatic carbocycles. The van der Waals surface area contributed by atoms with E-state index in [2.05, 4.69) is 41.4 Å². The van der Waals surface area contributed by atoms with Crippen molar-refractivity contribution in [3.05, 3.63) is 42.0 Å². The van der Waals surface area contributed by atoms with Crippen LogP contribution in [-0.4, -0.2) is 22.4 Å². The molecule has 0 unspecified atom stereocenters. The van der Waals surface area contributed by atoms with E-state index in [0.29, 0.717) is 0 Å². The molecule has 1 aromatic carbocycles. The van der Waals surface area contributed by atoms with E-state index in [-0.39, 0.29) is 0 Å². The van der Waals surface area contributed by atoms with Crippen molar-refractivity contribution in [1.29, 1.82) is 0 Å². The number of benzene rings is 1. The first kappa shape index (κ1) is 10.8. The predicted molar refractivity (Wildman–Crippen MR) is 72.7 cm³/mol.